The summed E-state index contributed by atoms with van der Waals surface area (Å²) < 4.78 is 9.48. The van der Waals surface area contributed by atoms with E-state index in [1.807, 2.05) is 0 Å². The average molecular weight is 218 g/mol. The number of rotatable bonds is 2. The minimum atomic E-state index is -0.578. The van der Waals surface area contributed by atoms with Gasteiger partial charge >= 0.3 is 5.63 Å². The van der Waals surface area contributed by atoms with Crippen LogP contribution in [0.3, 0.4) is 0 Å². The van der Waals surface area contributed by atoms with Crippen molar-refractivity contribution in [3.63, 3.8) is 0 Å². The highest BCUT2D eigenvalue weighted by Gasteiger charge is 2.03. The lowest BCUT2D eigenvalue weighted by atomic mass is 10.1. The Labute approximate surface area is 91.7 Å². The second kappa shape index (κ2) is 4.10. The maximum atomic E-state index is 11.1. The molecule has 0 aliphatic rings. The molecule has 0 amide bonds. The van der Waals surface area contributed by atoms with Crippen LogP contribution in [0.25, 0.3) is 11.1 Å². The normalized spacial score (nSPS) is 10.1. The second-order valence-electron chi connectivity index (χ2n) is 3.23. The van der Waals surface area contributed by atoms with Gasteiger partial charge in [-0.05, 0) is 23.3 Å². The Balaban J connectivity index is 2.46. The van der Waals surface area contributed by atoms with Crippen LogP contribution in [-0.2, 0) is 0 Å². The smallest absolute Gasteiger partial charge is 0.339 e. The second-order valence-corrected chi connectivity index (χ2v) is 3.23. The predicted molar refractivity (Wildman–Crippen MR) is 58.6 cm³/mol. The molecule has 0 atom stereocenters. The zero-order valence-electron chi connectivity index (χ0n) is 8.64. The number of ether oxygens (including phenoxy) is 1. The Morgan fingerprint density at radius 3 is 2.38 bits per heavy atom. The molecular weight excluding hydrogens is 208 g/mol. The van der Waals surface area contributed by atoms with Gasteiger partial charge in [0, 0.05) is 12.1 Å². The van der Waals surface area contributed by atoms with E-state index in [1.54, 1.807) is 31.4 Å². The molecule has 16 heavy (non-hydrogen) atoms. The van der Waals surface area contributed by atoms with E-state index in [4.69, 9.17) is 9.84 Å². The van der Waals surface area contributed by atoms with E-state index in [2.05, 4.69) is 4.42 Å². The van der Waals surface area contributed by atoms with Crippen molar-refractivity contribution in [3.05, 3.63) is 46.8 Å². The molecule has 0 bridgehead atoms. The Bertz CT molecular complexity index is 540. The van der Waals surface area contributed by atoms with Crippen molar-refractivity contribution < 1.29 is 14.3 Å². The first-order valence-corrected chi connectivity index (χ1v) is 4.67. The molecule has 4 heteroatoms. The summed E-state index contributed by atoms with van der Waals surface area (Å²) in [6.07, 6.45) is 0. The third-order valence-electron chi connectivity index (χ3n) is 2.18. The van der Waals surface area contributed by atoms with Gasteiger partial charge in [0.25, 0.3) is 5.95 Å². The highest BCUT2D eigenvalue weighted by atomic mass is 16.5. The van der Waals surface area contributed by atoms with Crippen LogP contribution in [0, 0.1) is 0 Å². The summed E-state index contributed by atoms with van der Waals surface area (Å²) in [7, 11) is 1.58. The quantitative estimate of drug-likeness (QED) is 0.837. The monoisotopic (exact) mass is 218 g/mol. The van der Waals surface area contributed by atoms with Gasteiger partial charge in [-0.1, -0.05) is 12.1 Å². The highest BCUT2D eigenvalue weighted by Crippen LogP contribution is 2.23. The zero-order chi connectivity index (χ0) is 11.5. The molecule has 1 aromatic carbocycles. The van der Waals surface area contributed by atoms with Gasteiger partial charge < -0.3 is 14.3 Å². The van der Waals surface area contributed by atoms with E-state index in [0.29, 0.717) is 5.56 Å². The Morgan fingerprint density at radius 2 is 1.81 bits per heavy atom. The zero-order valence-corrected chi connectivity index (χ0v) is 8.64. The van der Waals surface area contributed by atoms with E-state index in [9.17, 15) is 4.79 Å². The predicted octanol–water partition coefficient (Wildman–Crippen LogP) is 2.02. The minimum absolute atomic E-state index is 0.390. The van der Waals surface area contributed by atoms with Crippen LogP contribution in [0.15, 0.2) is 45.6 Å². The SMILES string of the molecule is COc1ccc(-c2cc(O)oc(=O)c2)cc1. The molecule has 2 rings (SSSR count). The van der Waals surface area contributed by atoms with Gasteiger partial charge in [0.1, 0.15) is 5.75 Å². The molecule has 0 spiro atoms. The van der Waals surface area contributed by atoms with Gasteiger partial charge in [0.05, 0.1) is 7.11 Å². The molecule has 0 fully saturated rings. The molecule has 0 unspecified atom stereocenters. The standard InChI is InChI=1S/C12H10O4/c1-15-10-4-2-8(3-5-10)9-6-11(13)16-12(14)7-9/h2-7,13H,1H3. The molecule has 0 saturated heterocycles. The van der Waals surface area contributed by atoms with Gasteiger partial charge in [0.15, 0.2) is 0 Å². The first-order chi connectivity index (χ1) is 7.69. The van der Waals surface area contributed by atoms with Gasteiger partial charge in [-0.3, -0.25) is 0 Å². The fourth-order valence-electron chi connectivity index (χ4n) is 1.41. The minimum Gasteiger partial charge on any atom is -0.497 e. The Hall–Kier alpha value is -2.23. The van der Waals surface area contributed by atoms with E-state index < -0.39 is 11.6 Å². The third-order valence-corrected chi connectivity index (χ3v) is 2.18. The molecule has 0 aliphatic heterocycles. The summed E-state index contributed by atoms with van der Waals surface area (Å²) in [4.78, 5) is 11.1. The number of aromatic hydroxyl groups is 1. The van der Waals surface area contributed by atoms with Crippen molar-refractivity contribution in [1.82, 2.24) is 0 Å². The Kier molecular flexibility index (Phi) is 2.64. The molecule has 2 aromatic rings. The summed E-state index contributed by atoms with van der Waals surface area (Å²) in [5.74, 6) is 0.342. The van der Waals surface area contributed by atoms with Crippen LogP contribution in [-0.4, -0.2) is 12.2 Å². The topological polar surface area (TPSA) is 59.7 Å². The van der Waals surface area contributed by atoms with Crippen LogP contribution >= 0.6 is 0 Å². The van der Waals surface area contributed by atoms with Gasteiger partial charge in [-0.15, -0.1) is 0 Å². The lowest BCUT2D eigenvalue weighted by molar-refractivity contribution is 0.310. The van der Waals surface area contributed by atoms with Gasteiger partial charge in [0.2, 0.25) is 0 Å². The molecule has 1 N–H and O–H groups in total. The lowest BCUT2D eigenvalue weighted by Gasteiger charge is -2.03. The van der Waals surface area contributed by atoms with Crippen molar-refractivity contribution >= 4 is 0 Å². The number of benzene rings is 1. The molecule has 82 valence electrons. The molecule has 4 nitrogen and oxygen atoms in total. The van der Waals surface area contributed by atoms with Crippen LogP contribution in [0.5, 0.6) is 11.7 Å². The van der Waals surface area contributed by atoms with Crippen molar-refractivity contribution in [2.24, 2.45) is 0 Å². The molecule has 0 aliphatic carbocycles. The molecule has 0 saturated carbocycles. The maximum absolute atomic E-state index is 11.1. The lowest BCUT2D eigenvalue weighted by Crippen LogP contribution is -1.96. The van der Waals surface area contributed by atoms with Crippen LogP contribution in [0.4, 0.5) is 0 Å². The number of hydrogen-bond acceptors (Lipinski definition) is 4. The first-order valence-electron chi connectivity index (χ1n) is 4.67. The summed E-state index contributed by atoms with van der Waals surface area (Å²) in [6.45, 7) is 0. The number of methoxy groups -OCH3 is 1. The van der Waals surface area contributed by atoms with Gasteiger partial charge in [-0.2, -0.15) is 0 Å². The van der Waals surface area contributed by atoms with E-state index in [1.165, 1.54) is 12.1 Å². The third kappa shape index (κ3) is 2.06. The Morgan fingerprint density at radius 1 is 1.12 bits per heavy atom. The van der Waals surface area contributed by atoms with Crippen molar-refractivity contribution in [2.45, 2.75) is 0 Å². The van der Waals surface area contributed by atoms with E-state index in [0.717, 1.165) is 11.3 Å². The summed E-state index contributed by atoms with van der Waals surface area (Å²) in [6, 6.07) is 9.87. The van der Waals surface area contributed by atoms with Crippen molar-refractivity contribution in [1.29, 1.82) is 0 Å². The fourth-order valence-corrected chi connectivity index (χ4v) is 1.41. The highest BCUT2D eigenvalue weighted by molar-refractivity contribution is 5.64. The molecule has 1 aromatic heterocycles. The summed E-state index contributed by atoms with van der Waals surface area (Å²) in [5.41, 5.74) is 0.839. The molecular formula is C12H10O4. The van der Waals surface area contributed by atoms with Crippen molar-refractivity contribution in [3.8, 4) is 22.8 Å². The summed E-state index contributed by atoms with van der Waals surface area (Å²) >= 11 is 0. The maximum Gasteiger partial charge on any atom is 0.339 e. The molecule has 1 heterocycles. The van der Waals surface area contributed by atoms with Crippen LogP contribution in [0.2, 0.25) is 0 Å². The fraction of sp³-hybridized carbons (Fsp3) is 0.0833. The summed E-state index contributed by atoms with van der Waals surface area (Å²) in [5, 5.41) is 9.16. The van der Waals surface area contributed by atoms with Gasteiger partial charge in [-0.25, -0.2) is 4.79 Å². The van der Waals surface area contributed by atoms with Crippen LogP contribution < -0.4 is 10.4 Å². The average Bonchev–Trinajstić information content (AvgIpc) is 2.28. The first kappa shape index (κ1) is 10.3. The van der Waals surface area contributed by atoms with E-state index >= 15 is 0 Å². The largest absolute Gasteiger partial charge is 0.497 e. The number of hydrogen-bond donors (Lipinski definition) is 1. The van der Waals surface area contributed by atoms with E-state index in [-0.39, 0.29) is 0 Å². The molecule has 0 radical (unpaired) electrons. The van der Waals surface area contributed by atoms with Crippen LogP contribution in [0.1, 0.15) is 0 Å². The van der Waals surface area contributed by atoms with Crippen molar-refractivity contribution in [2.75, 3.05) is 7.11 Å².